The molecule has 0 fully saturated rings. The van der Waals surface area contributed by atoms with E-state index in [1.165, 1.54) is 0 Å². The third-order valence-electron chi connectivity index (χ3n) is 5.13. The molecule has 0 spiro atoms. The smallest absolute Gasteiger partial charge is 0.274 e. The number of benzene rings is 2. The number of pyridine rings is 1. The molecule has 2 aromatic carbocycles. The Labute approximate surface area is 200 Å². The van der Waals surface area contributed by atoms with Crippen LogP contribution in [0, 0.1) is 0 Å². The molecule has 2 N–H and O–H groups in total. The van der Waals surface area contributed by atoms with E-state index in [1.807, 2.05) is 35.9 Å². The van der Waals surface area contributed by atoms with Crippen molar-refractivity contribution in [1.29, 1.82) is 0 Å². The molecule has 174 valence electrons. The second-order valence-electron chi connectivity index (χ2n) is 7.55. The van der Waals surface area contributed by atoms with Crippen molar-refractivity contribution in [1.82, 2.24) is 25.1 Å². The van der Waals surface area contributed by atoms with Gasteiger partial charge in [0.2, 0.25) is 0 Å². The third-order valence-corrected chi connectivity index (χ3v) is 6.33. The number of hydrogen-bond acceptors (Lipinski definition) is 7. The number of carbonyl (C=O) groups excluding carboxylic acids is 2. The average Bonchev–Trinajstić information content (AvgIpc) is 3.26. The maximum atomic E-state index is 12.9. The van der Waals surface area contributed by atoms with E-state index < -0.39 is 0 Å². The molecule has 0 bridgehead atoms. The quantitative estimate of drug-likeness (QED) is 0.374. The number of amides is 2. The number of rotatable bonds is 8. The van der Waals surface area contributed by atoms with Gasteiger partial charge in [0.15, 0.2) is 11.8 Å². The Kier molecular flexibility index (Phi) is 7.07. The van der Waals surface area contributed by atoms with Crippen LogP contribution in [0.1, 0.15) is 28.2 Å². The van der Waals surface area contributed by atoms with Crippen molar-refractivity contribution in [3.63, 3.8) is 0 Å². The summed E-state index contributed by atoms with van der Waals surface area (Å²) in [5.74, 6) is -0.0144. The number of ether oxygens (including phenoxy) is 1. The predicted octanol–water partition coefficient (Wildman–Crippen LogP) is 3.59. The highest BCUT2D eigenvalue weighted by atomic mass is 32.2. The van der Waals surface area contributed by atoms with Crippen molar-refractivity contribution in [3.8, 4) is 5.75 Å². The van der Waals surface area contributed by atoms with Gasteiger partial charge in [-0.3, -0.25) is 9.59 Å². The van der Waals surface area contributed by atoms with Gasteiger partial charge in [-0.05, 0) is 48.9 Å². The summed E-state index contributed by atoms with van der Waals surface area (Å²) in [5, 5.41) is 15.1. The molecule has 0 radical (unpaired) electrons. The summed E-state index contributed by atoms with van der Waals surface area (Å²) in [6.45, 7) is 1.98. The monoisotopic (exact) mass is 476 g/mol. The fourth-order valence-corrected chi connectivity index (χ4v) is 4.17. The lowest BCUT2D eigenvalue weighted by Crippen LogP contribution is -2.24. The van der Waals surface area contributed by atoms with Crippen LogP contribution in [0.2, 0.25) is 0 Å². The zero-order valence-corrected chi connectivity index (χ0v) is 19.8. The van der Waals surface area contributed by atoms with Crippen LogP contribution in [0.4, 0.5) is 5.69 Å². The topological polar surface area (TPSA) is 111 Å². The minimum atomic E-state index is -0.315. The van der Waals surface area contributed by atoms with Crippen molar-refractivity contribution in [2.24, 2.45) is 7.05 Å². The van der Waals surface area contributed by atoms with Gasteiger partial charge in [0.1, 0.15) is 17.8 Å². The molecular weight excluding hydrogens is 452 g/mol. The summed E-state index contributed by atoms with van der Waals surface area (Å²) in [7, 11) is 3.45. The summed E-state index contributed by atoms with van der Waals surface area (Å²) >= 11 is 1.59. The molecule has 0 aliphatic carbocycles. The standard InChI is InChI=1S/C24H24N6O3S/c1-15(34-24-29-26-14-30(24)3)16-6-4-7-17(12-16)27-23(32)20-11-10-18-19(28-20)8-5-9-21(18)33-13-22(31)25-2/h4-12,14-15H,13H2,1-3H3,(H,25,31)(H,27,32)/t15-/m0/s1. The molecule has 34 heavy (non-hydrogen) atoms. The molecule has 0 aliphatic rings. The van der Waals surface area contributed by atoms with Crippen LogP contribution in [0.3, 0.4) is 0 Å². The molecule has 1 atom stereocenters. The van der Waals surface area contributed by atoms with Crippen LogP contribution in [-0.4, -0.2) is 45.2 Å². The van der Waals surface area contributed by atoms with Crippen molar-refractivity contribution < 1.29 is 14.3 Å². The number of hydrogen-bond donors (Lipinski definition) is 2. The molecule has 0 saturated carbocycles. The number of aryl methyl sites for hydroxylation is 1. The van der Waals surface area contributed by atoms with Gasteiger partial charge in [-0.2, -0.15) is 0 Å². The first-order valence-corrected chi connectivity index (χ1v) is 11.5. The molecule has 4 aromatic rings. The highest BCUT2D eigenvalue weighted by Gasteiger charge is 2.14. The van der Waals surface area contributed by atoms with E-state index in [4.69, 9.17) is 4.74 Å². The first-order valence-electron chi connectivity index (χ1n) is 10.6. The Morgan fingerprint density at radius 1 is 1.15 bits per heavy atom. The van der Waals surface area contributed by atoms with Gasteiger partial charge in [0.25, 0.3) is 11.8 Å². The van der Waals surface area contributed by atoms with Gasteiger partial charge in [-0.1, -0.05) is 30.0 Å². The first kappa shape index (κ1) is 23.2. The highest BCUT2D eigenvalue weighted by Crippen LogP contribution is 2.34. The minimum Gasteiger partial charge on any atom is -0.483 e. The molecule has 2 aromatic heterocycles. The molecule has 2 amide bonds. The molecule has 0 aliphatic heterocycles. The van der Waals surface area contributed by atoms with Gasteiger partial charge >= 0.3 is 0 Å². The van der Waals surface area contributed by atoms with Gasteiger partial charge in [0.05, 0.1) is 5.52 Å². The zero-order chi connectivity index (χ0) is 24.1. The van der Waals surface area contributed by atoms with Crippen LogP contribution in [0.15, 0.2) is 66.1 Å². The number of likely N-dealkylation sites (N-methyl/N-ethyl adjacent to an activating group) is 1. The SMILES string of the molecule is CNC(=O)COc1cccc2nc(C(=O)Nc3cccc([C@H](C)Sc4nncn4C)c3)ccc12. The predicted molar refractivity (Wildman–Crippen MR) is 131 cm³/mol. The Bertz CT molecular complexity index is 1340. The van der Waals surface area contributed by atoms with E-state index in [1.54, 1.807) is 55.5 Å². The van der Waals surface area contributed by atoms with E-state index in [-0.39, 0.29) is 29.4 Å². The van der Waals surface area contributed by atoms with E-state index in [0.29, 0.717) is 17.0 Å². The van der Waals surface area contributed by atoms with Crippen molar-refractivity contribution in [2.75, 3.05) is 19.0 Å². The van der Waals surface area contributed by atoms with Crippen LogP contribution in [-0.2, 0) is 11.8 Å². The molecule has 10 heteroatoms. The summed E-state index contributed by atoms with van der Waals surface area (Å²) in [5.41, 5.74) is 2.61. The van der Waals surface area contributed by atoms with Crippen LogP contribution in [0.25, 0.3) is 10.9 Å². The second kappa shape index (κ2) is 10.3. The number of carbonyl (C=O) groups is 2. The first-order chi connectivity index (χ1) is 16.4. The van der Waals surface area contributed by atoms with E-state index >= 15 is 0 Å². The number of fused-ring (bicyclic) bond motifs is 1. The van der Waals surface area contributed by atoms with E-state index in [2.05, 4.69) is 32.7 Å². The van der Waals surface area contributed by atoms with Crippen molar-refractivity contribution in [3.05, 3.63) is 72.2 Å². The molecular formula is C24H24N6O3S. The minimum absolute atomic E-state index is 0.0957. The highest BCUT2D eigenvalue weighted by molar-refractivity contribution is 7.99. The number of nitrogens with one attached hydrogen (secondary N) is 2. The van der Waals surface area contributed by atoms with Crippen molar-refractivity contribution in [2.45, 2.75) is 17.3 Å². The van der Waals surface area contributed by atoms with E-state index in [0.717, 1.165) is 16.1 Å². The second-order valence-corrected chi connectivity index (χ2v) is 8.85. The lowest BCUT2D eigenvalue weighted by molar-refractivity contribution is -0.122. The Morgan fingerprint density at radius 2 is 1.97 bits per heavy atom. The largest absolute Gasteiger partial charge is 0.483 e. The fourth-order valence-electron chi connectivity index (χ4n) is 3.26. The normalized spacial score (nSPS) is 11.7. The van der Waals surface area contributed by atoms with Gasteiger partial charge < -0.3 is 19.9 Å². The van der Waals surface area contributed by atoms with Crippen molar-refractivity contribution >= 4 is 40.2 Å². The summed E-state index contributed by atoms with van der Waals surface area (Å²) in [4.78, 5) is 28.9. The number of nitrogens with zero attached hydrogens (tertiary/aromatic N) is 4. The average molecular weight is 477 g/mol. The molecule has 4 rings (SSSR count). The Morgan fingerprint density at radius 3 is 2.74 bits per heavy atom. The van der Waals surface area contributed by atoms with Gasteiger partial charge in [-0.25, -0.2) is 4.98 Å². The maximum Gasteiger partial charge on any atom is 0.274 e. The lowest BCUT2D eigenvalue weighted by Gasteiger charge is -2.13. The molecule has 0 unspecified atom stereocenters. The summed E-state index contributed by atoms with van der Waals surface area (Å²) in [6.07, 6.45) is 1.67. The molecule has 9 nitrogen and oxygen atoms in total. The maximum absolute atomic E-state index is 12.9. The molecule has 2 heterocycles. The Hall–Kier alpha value is -3.92. The Balaban J connectivity index is 1.48. The van der Waals surface area contributed by atoms with Crippen LogP contribution in [0.5, 0.6) is 5.75 Å². The van der Waals surface area contributed by atoms with Gasteiger partial charge in [0, 0.05) is 30.4 Å². The van der Waals surface area contributed by atoms with Gasteiger partial charge in [-0.15, -0.1) is 10.2 Å². The number of aromatic nitrogens is 4. The fraction of sp³-hybridized carbons (Fsp3) is 0.208. The number of thioether (sulfide) groups is 1. The zero-order valence-electron chi connectivity index (χ0n) is 19.0. The molecule has 0 saturated heterocycles. The summed E-state index contributed by atoms with van der Waals surface area (Å²) in [6, 6.07) is 16.4. The summed E-state index contributed by atoms with van der Waals surface area (Å²) < 4.78 is 7.45. The van der Waals surface area contributed by atoms with Crippen LogP contribution < -0.4 is 15.4 Å². The van der Waals surface area contributed by atoms with E-state index in [9.17, 15) is 9.59 Å². The lowest BCUT2D eigenvalue weighted by atomic mass is 10.1. The third kappa shape index (κ3) is 5.34. The van der Waals surface area contributed by atoms with Crippen LogP contribution >= 0.6 is 11.8 Å². The number of anilines is 1.